The first kappa shape index (κ1) is 11.9. The zero-order valence-corrected chi connectivity index (χ0v) is 9.57. The average molecular weight is 255 g/mol. The van der Waals surface area contributed by atoms with E-state index in [4.69, 9.17) is 34.8 Å². The van der Waals surface area contributed by atoms with Gasteiger partial charge < -0.3 is 10.4 Å². The Kier molecular flexibility index (Phi) is 4.82. The van der Waals surface area contributed by atoms with Crippen LogP contribution in [0.2, 0.25) is 10.0 Å². The molecule has 78 valence electrons. The fourth-order valence-corrected chi connectivity index (χ4v) is 1.40. The minimum absolute atomic E-state index is 0.186. The normalized spacial score (nSPS) is 12.6. The molecule has 0 spiro atoms. The Morgan fingerprint density at radius 3 is 2.71 bits per heavy atom. The van der Waals surface area contributed by atoms with Gasteiger partial charge in [-0.1, -0.05) is 29.3 Å². The molecule has 1 atom stereocenters. The summed E-state index contributed by atoms with van der Waals surface area (Å²) in [5, 5.41) is 13.1. The van der Waals surface area contributed by atoms with Crippen LogP contribution in [-0.2, 0) is 0 Å². The molecule has 14 heavy (non-hydrogen) atoms. The molecule has 0 aliphatic rings. The van der Waals surface area contributed by atoms with E-state index < -0.39 is 6.10 Å². The van der Waals surface area contributed by atoms with E-state index in [9.17, 15) is 5.11 Å². The smallest absolute Gasteiger partial charge is 0.0847 e. The largest absolute Gasteiger partial charge is 0.390 e. The van der Waals surface area contributed by atoms with Crippen molar-refractivity contribution >= 4 is 40.5 Å². The number of aliphatic hydroxyl groups excluding tert-OH is 1. The predicted octanol–water partition coefficient (Wildman–Crippen LogP) is 3.01. The summed E-state index contributed by atoms with van der Waals surface area (Å²) in [6, 6.07) is 5.27. The van der Waals surface area contributed by atoms with Crippen molar-refractivity contribution in [2.24, 2.45) is 0 Å². The molecular weight excluding hydrogens is 244 g/mol. The second kappa shape index (κ2) is 5.66. The molecule has 0 heterocycles. The molecule has 0 aliphatic carbocycles. The van der Waals surface area contributed by atoms with E-state index in [0.29, 0.717) is 22.3 Å². The van der Waals surface area contributed by atoms with E-state index in [2.05, 4.69) is 5.32 Å². The van der Waals surface area contributed by atoms with Gasteiger partial charge in [-0.05, 0) is 12.1 Å². The maximum absolute atomic E-state index is 9.21. The predicted molar refractivity (Wildman–Crippen MR) is 61.7 cm³/mol. The monoisotopic (exact) mass is 253 g/mol. The topological polar surface area (TPSA) is 32.3 Å². The zero-order chi connectivity index (χ0) is 10.6. The Morgan fingerprint density at radius 1 is 1.36 bits per heavy atom. The number of alkyl halides is 1. The molecule has 0 bridgehead atoms. The van der Waals surface area contributed by atoms with Gasteiger partial charge in [0.15, 0.2) is 0 Å². The van der Waals surface area contributed by atoms with E-state index in [-0.39, 0.29) is 5.88 Å². The van der Waals surface area contributed by atoms with Crippen molar-refractivity contribution in [3.8, 4) is 0 Å². The Hall–Kier alpha value is -0.150. The summed E-state index contributed by atoms with van der Waals surface area (Å²) in [7, 11) is 0. The van der Waals surface area contributed by atoms with Gasteiger partial charge in [-0.15, -0.1) is 11.6 Å². The van der Waals surface area contributed by atoms with Gasteiger partial charge in [0, 0.05) is 6.54 Å². The SMILES string of the molecule is OC(CCl)CNc1cccc(Cl)c1Cl. The van der Waals surface area contributed by atoms with Crippen molar-refractivity contribution in [2.75, 3.05) is 17.7 Å². The summed E-state index contributed by atoms with van der Waals surface area (Å²) in [4.78, 5) is 0. The van der Waals surface area contributed by atoms with E-state index in [1.54, 1.807) is 18.2 Å². The number of hydrogen-bond acceptors (Lipinski definition) is 2. The van der Waals surface area contributed by atoms with Gasteiger partial charge in [-0.2, -0.15) is 0 Å². The van der Waals surface area contributed by atoms with Gasteiger partial charge in [0.25, 0.3) is 0 Å². The molecule has 2 N–H and O–H groups in total. The van der Waals surface area contributed by atoms with Gasteiger partial charge in [0.2, 0.25) is 0 Å². The van der Waals surface area contributed by atoms with Crippen LogP contribution in [0.1, 0.15) is 0 Å². The van der Waals surface area contributed by atoms with Crippen LogP contribution >= 0.6 is 34.8 Å². The summed E-state index contributed by atoms with van der Waals surface area (Å²) in [5.74, 6) is 0.186. The highest BCUT2D eigenvalue weighted by molar-refractivity contribution is 6.43. The van der Waals surface area contributed by atoms with Gasteiger partial charge in [0.05, 0.1) is 27.7 Å². The van der Waals surface area contributed by atoms with Crippen LogP contribution in [0.15, 0.2) is 18.2 Å². The summed E-state index contributed by atoms with van der Waals surface area (Å²) in [6.45, 7) is 0.351. The molecule has 0 radical (unpaired) electrons. The number of hydrogen-bond donors (Lipinski definition) is 2. The van der Waals surface area contributed by atoms with Crippen molar-refractivity contribution in [1.82, 2.24) is 0 Å². The highest BCUT2D eigenvalue weighted by atomic mass is 35.5. The molecule has 1 aromatic rings. The zero-order valence-electron chi connectivity index (χ0n) is 7.30. The third-order valence-corrected chi connectivity index (χ3v) is 2.83. The first-order chi connectivity index (χ1) is 6.65. The first-order valence-electron chi connectivity index (χ1n) is 4.07. The van der Waals surface area contributed by atoms with E-state index in [1.165, 1.54) is 0 Å². The molecule has 0 aliphatic heterocycles. The minimum Gasteiger partial charge on any atom is -0.390 e. The number of benzene rings is 1. The van der Waals surface area contributed by atoms with Gasteiger partial charge >= 0.3 is 0 Å². The average Bonchev–Trinajstić information content (AvgIpc) is 2.20. The fourth-order valence-electron chi connectivity index (χ4n) is 0.923. The van der Waals surface area contributed by atoms with Crippen molar-refractivity contribution < 1.29 is 5.11 Å². The molecule has 0 saturated carbocycles. The Labute approximate surface area is 97.8 Å². The lowest BCUT2D eigenvalue weighted by Crippen LogP contribution is -2.20. The molecule has 0 fully saturated rings. The lowest BCUT2D eigenvalue weighted by Gasteiger charge is -2.11. The van der Waals surface area contributed by atoms with Crippen LogP contribution in [0.4, 0.5) is 5.69 Å². The maximum Gasteiger partial charge on any atom is 0.0847 e. The van der Waals surface area contributed by atoms with E-state index in [1.807, 2.05) is 0 Å². The molecule has 1 aromatic carbocycles. The molecule has 0 aromatic heterocycles. The number of aliphatic hydroxyl groups is 1. The number of halogens is 3. The summed E-state index contributed by atoms with van der Waals surface area (Å²) in [5.41, 5.74) is 0.698. The highest BCUT2D eigenvalue weighted by Crippen LogP contribution is 2.29. The number of nitrogens with one attached hydrogen (secondary N) is 1. The van der Waals surface area contributed by atoms with Crippen molar-refractivity contribution in [3.63, 3.8) is 0 Å². The van der Waals surface area contributed by atoms with Gasteiger partial charge in [-0.3, -0.25) is 0 Å². The Balaban J connectivity index is 2.63. The fraction of sp³-hybridized carbons (Fsp3) is 0.333. The summed E-state index contributed by atoms with van der Waals surface area (Å²) in [6.07, 6.45) is -0.591. The van der Waals surface area contributed by atoms with E-state index >= 15 is 0 Å². The second-order valence-electron chi connectivity index (χ2n) is 2.79. The highest BCUT2D eigenvalue weighted by Gasteiger charge is 2.06. The lowest BCUT2D eigenvalue weighted by atomic mass is 10.3. The quantitative estimate of drug-likeness (QED) is 0.810. The summed E-state index contributed by atoms with van der Waals surface area (Å²) >= 11 is 17.2. The summed E-state index contributed by atoms with van der Waals surface area (Å²) < 4.78 is 0. The van der Waals surface area contributed by atoms with E-state index in [0.717, 1.165) is 0 Å². The molecule has 2 nitrogen and oxygen atoms in total. The Morgan fingerprint density at radius 2 is 2.07 bits per heavy atom. The molecule has 5 heteroatoms. The van der Waals surface area contributed by atoms with Crippen LogP contribution < -0.4 is 5.32 Å². The van der Waals surface area contributed by atoms with Crippen molar-refractivity contribution in [2.45, 2.75) is 6.10 Å². The minimum atomic E-state index is -0.591. The third kappa shape index (κ3) is 3.21. The molecule has 1 rings (SSSR count). The number of rotatable bonds is 4. The van der Waals surface area contributed by atoms with Crippen LogP contribution in [0.5, 0.6) is 0 Å². The van der Waals surface area contributed by atoms with Crippen molar-refractivity contribution in [1.29, 1.82) is 0 Å². The molecule has 0 amide bonds. The van der Waals surface area contributed by atoms with Gasteiger partial charge in [0.1, 0.15) is 0 Å². The standard InChI is InChI=1S/C9H10Cl3NO/c10-4-6(14)5-13-8-3-1-2-7(11)9(8)12/h1-3,6,13-14H,4-5H2. The molecular formula is C9H10Cl3NO. The molecule has 0 saturated heterocycles. The maximum atomic E-state index is 9.21. The molecule has 1 unspecified atom stereocenters. The van der Waals surface area contributed by atoms with Crippen LogP contribution in [0.3, 0.4) is 0 Å². The van der Waals surface area contributed by atoms with Crippen molar-refractivity contribution in [3.05, 3.63) is 28.2 Å². The second-order valence-corrected chi connectivity index (χ2v) is 3.88. The first-order valence-corrected chi connectivity index (χ1v) is 5.36. The number of anilines is 1. The van der Waals surface area contributed by atoms with Gasteiger partial charge in [-0.25, -0.2) is 0 Å². The van der Waals surface area contributed by atoms with Crippen LogP contribution in [0.25, 0.3) is 0 Å². The van der Waals surface area contributed by atoms with Crippen LogP contribution in [-0.4, -0.2) is 23.6 Å². The lowest BCUT2D eigenvalue weighted by molar-refractivity contribution is 0.211. The third-order valence-electron chi connectivity index (χ3n) is 1.66. The Bertz CT molecular complexity index is 306. The van der Waals surface area contributed by atoms with Crippen LogP contribution in [0, 0.1) is 0 Å².